The molecule has 3 aromatic heterocycles. The van der Waals surface area contributed by atoms with Crippen molar-refractivity contribution in [3.8, 4) is 23.0 Å². The number of aliphatic imine (C=N–C) groups is 1. The summed E-state index contributed by atoms with van der Waals surface area (Å²) < 4.78 is 130. The van der Waals surface area contributed by atoms with E-state index in [9.17, 15) is 35.2 Å². The van der Waals surface area contributed by atoms with Gasteiger partial charge in [0.1, 0.15) is 34.3 Å². The second kappa shape index (κ2) is 14.9. The zero-order valence-electron chi connectivity index (χ0n) is 32.1. The molecule has 0 spiro atoms. The number of fused-ring (bicyclic) bond motifs is 4. The summed E-state index contributed by atoms with van der Waals surface area (Å²) in [6.07, 6.45) is -2.19. The third kappa shape index (κ3) is 7.43. The number of nitrogens with one attached hydrogen (secondary N) is 1. The number of allylic oxidation sites excluding steroid dienone is 2. The first-order valence-corrected chi connectivity index (χ1v) is 21.0. The van der Waals surface area contributed by atoms with Crippen LogP contribution in [0.3, 0.4) is 0 Å². The molecule has 8 rings (SSSR count). The molecule has 0 saturated heterocycles. The van der Waals surface area contributed by atoms with Crippen molar-refractivity contribution in [2.24, 2.45) is 18.0 Å². The highest BCUT2D eigenvalue weighted by atomic mass is 35.5. The highest BCUT2D eigenvalue weighted by Gasteiger charge is 2.61. The number of alkyl halides is 5. The molecule has 1 fully saturated rings. The van der Waals surface area contributed by atoms with E-state index in [-0.39, 0.29) is 33.4 Å². The van der Waals surface area contributed by atoms with Crippen molar-refractivity contribution >= 4 is 61.4 Å². The van der Waals surface area contributed by atoms with Crippen molar-refractivity contribution in [1.82, 2.24) is 29.9 Å². The SMILES string of the molecule is Cn1nc(N=C=S)c2c(Cl)ccc(-c3ccc(C#CC(C)(C)S(=O)(=O)C4CC4)nc3[C@H](Cc3cc(F)cc(F)c3)NC(=O)Cn3nc(C(F)(F)F)c4c3C(F)(F)[C@@H]3C=C[C@H]43)c21. The minimum atomic E-state index is -5.12. The smallest absolute Gasteiger partial charge is 0.346 e. The summed E-state index contributed by atoms with van der Waals surface area (Å²) in [5.41, 5.74) is -2.30. The van der Waals surface area contributed by atoms with Crippen molar-refractivity contribution in [1.29, 1.82) is 0 Å². The number of carbonyl (C=O) groups excluding carboxylic acids is 1. The highest BCUT2D eigenvalue weighted by molar-refractivity contribution is 7.93. The predicted molar refractivity (Wildman–Crippen MR) is 214 cm³/mol. The molecule has 20 heteroatoms. The Labute approximate surface area is 353 Å². The number of amides is 1. The number of benzene rings is 2. The first-order valence-electron chi connectivity index (χ1n) is 18.6. The van der Waals surface area contributed by atoms with Gasteiger partial charge in [-0.25, -0.2) is 22.2 Å². The number of hydrogen-bond donors (Lipinski definition) is 1. The van der Waals surface area contributed by atoms with Crippen LogP contribution in [0.4, 0.5) is 36.6 Å². The molecule has 3 aliphatic rings. The van der Waals surface area contributed by atoms with Gasteiger partial charge in [0.25, 0.3) is 5.92 Å². The van der Waals surface area contributed by atoms with E-state index in [1.54, 1.807) is 19.2 Å². The Morgan fingerprint density at radius 3 is 2.38 bits per heavy atom. The summed E-state index contributed by atoms with van der Waals surface area (Å²) in [5.74, 6) is -3.92. The molecule has 1 amide bonds. The van der Waals surface area contributed by atoms with Gasteiger partial charge in [-0.05, 0) is 87.1 Å². The average Bonchev–Trinajstić information content (AvgIpc) is 3.83. The number of halogens is 8. The van der Waals surface area contributed by atoms with Gasteiger partial charge in [-0.15, -0.1) is 0 Å². The van der Waals surface area contributed by atoms with E-state index in [0.717, 1.165) is 18.2 Å². The van der Waals surface area contributed by atoms with Crippen molar-refractivity contribution in [2.75, 3.05) is 0 Å². The fourth-order valence-electron chi connectivity index (χ4n) is 7.95. The van der Waals surface area contributed by atoms with E-state index in [0.29, 0.717) is 40.1 Å². The van der Waals surface area contributed by atoms with E-state index >= 15 is 8.78 Å². The van der Waals surface area contributed by atoms with Gasteiger partial charge in [-0.1, -0.05) is 35.7 Å². The summed E-state index contributed by atoms with van der Waals surface area (Å²) in [5, 5.41) is 12.8. The fourth-order valence-corrected chi connectivity index (χ4v) is 10.1. The third-order valence-corrected chi connectivity index (χ3v) is 14.3. The molecular formula is C41H31ClF7N7O3S2. The van der Waals surface area contributed by atoms with Crippen molar-refractivity contribution in [3.63, 3.8) is 0 Å². The van der Waals surface area contributed by atoms with Gasteiger partial charge in [0.05, 0.1) is 44.0 Å². The molecule has 3 heterocycles. The maximum Gasteiger partial charge on any atom is 0.435 e. The molecule has 2 aromatic carbocycles. The van der Waals surface area contributed by atoms with Gasteiger partial charge in [-0.2, -0.15) is 37.1 Å². The van der Waals surface area contributed by atoms with Gasteiger partial charge < -0.3 is 5.32 Å². The molecule has 316 valence electrons. The summed E-state index contributed by atoms with van der Waals surface area (Å²) in [6, 6.07) is 7.37. The molecule has 1 N–H and O–H groups in total. The average molecular weight is 902 g/mol. The second-order valence-corrected chi connectivity index (χ2v) is 18.9. The molecule has 1 saturated carbocycles. The van der Waals surface area contributed by atoms with E-state index in [2.05, 4.69) is 37.5 Å². The first kappa shape index (κ1) is 42.3. The lowest BCUT2D eigenvalue weighted by atomic mass is 9.81. The van der Waals surface area contributed by atoms with E-state index in [1.807, 2.05) is 0 Å². The number of aryl methyl sites for hydroxylation is 1. The van der Waals surface area contributed by atoms with Crippen LogP contribution < -0.4 is 5.32 Å². The zero-order chi connectivity index (χ0) is 44.0. The quantitative estimate of drug-likeness (QED) is 0.0489. The van der Waals surface area contributed by atoms with Gasteiger partial charge >= 0.3 is 6.18 Å². The molecule has 0 radical (unpaired) electrons. The number of thiocarbonyl (C=S) groups is 1. The van der Waals surface area contributed by atoms with Crippen molar-refractivity contribution in [2.45, 2.75) is 73.7 Å². The lowest BCUT2D eigenvalue weighted by Gasteiger charge is -2.27. The number of nitrogens with zero attached hydrogens (tertiary/aromatic N) is 6. The normalized spacial score (nSPS) is 18.4. The Balaban J connectivity index is 1.29. The zero-order valence-corrected chi connectivity index (χ0v) is 34.5. The van der Waals surface area contributed by atoms with Crippen LogP contribution in [0.1, 0.15) is 72.6 Å². The molecule has 10 nitrogen and oxygen atoms in total. The van der Waals surface area contributed by atoms with Gasteiger partial charge in [0, 0.05) is 35.7 Å². The molecule has 0 unspecified atom stereocenters. The van der Waals surface area contributed by atoms with Gasteiger partial charge in [0.2, 0.25) is 5.91 Å². The molecule has 5 aromatic rings. The molecule has 3 aliphatic carbocycles. The number of sulfone groups is 1. The predicted octanol–water partition coefficient (Wildman–Crippen LogP) is 8.70. The largest absolute Gasteiger partial charge is 0.435 e. The molecular weight excluding hydrogens is 871 g/mol. The third-order valence-electron chi connectivity index (χ3n) is 11.0. The number of isothiocyanates is 1. The molecule has 0 bridgehead atoms. The summed E-state index contributed by atoms with van der Waals surface area (Å²) >= 11 is 11.4. The summed E-state index contributed by atoms with van der Waals surface area (Å²) in [7, 11) is -2.09. The van der Waals surface area contributed by atoms with Crippen LogP contribution in [0, 0.1) is 29.4 Å². The van der Waals surface area contributed by atoms with Crippen LogP contribution >= 0.6 is 23.8 Å². The molecule has 61 heavy (non-hydrogen) atoms. The lowest BCUT2D eigenvalue weighted by molar-refractivity contribution is -0.142. The van der Waals surface area contributed by atoms with Crippen LogP contribution in [0.15, 0.2) is 59.6 Å². The fraction of sp³-hybridized carbons (Fsp3) is 0.341. The van der Waals surface area contributed by atoms with E-state index in [4.69, 9.17) is 28.8 Å². The second-order valence-electron chi connectivity index (χ2n) is 15.5. The van der Waals surface area contributed by atoms with Crippen LogP contribution in [0.2, 0.25) is 5.02 Å². The summed E-state index contributed by atoms with van der Waals surface area (Å²) in [6.45, 7) is 1.80. The lowest BCUT2D eigenvalue weighted by Crippen LogP contribution is -2.36. The first-order chi connectivity index (χ1) is 28.6. The van der Waals surface area contributed by atoms with E-state index in [1.165, 1.54) is 36.7 Å². The van der Waals surface area contributed by atoms with Crippen LogP contribution in [0.5, 0.6) is 0 Å². The minimum absolute atomic E-state index is 0.00314. The van der Waals surface area contributed by atoms with Crippen molar-refractivity contribution < 1.29 is 43.9 Å². The number of hydrogen-bond acceptors (Lipinski definition) is 8. The monoisotopic (exact) mass is 901 g/mol. The minimum Gasteiger partial charge on any atom is -0.346 e. The Morgan fingerprint density at radius 1 is 1.07 bits per heavy atom. The maximum absolute atomic E-state index is 15.7. The maximum atomic E-state index is 15.7. The van der Waals surface area contributed by atoms with Gasteiger partial charge in [-0.3, -0.25) is 14.2 Å². The Morgan fingerprint density at radius 2 is 1.75 bits per heavy atom. The topological polar surface area (TPSA) is 124 Å². The Kier molecular flexibility index (Phi) is 10.3. The molecule has 3 atom stereocenters. The number of pyridine rings is 1. The Bertz CT molecular complexity index is 2920. The van der Waals surface area contributed by atoms with Crippen LogP contribution in [-0.4, -0.2) is 54.0 Å². The number of carbonyl (C=O) groups is 1. The van der Waals surface area contributed by atoms with Gasteiger partial charge in [0.15, 0.2) is 21.3 Å². The van der Waals surface area contributed by atoms with Crippen molar-refractivity contribution in [3.05, 3.63) is 105 Å². The van der Waals surface area contributed by atoms with E-state index < -0.39 is 97.3 Å². The summed E-state index contributed by atoms with van der Waals surface area (Å²) in [4.78, 5) is 22.9. The number of aromatic nitrogens is 5. The standard InChI is InChI=1S/C41H31ClF7N7O3S2/c1-39(2,61(58,59)24-5-6-24)13-12-23-4-7-25(26-9-11-29(42)33-35(26)55(3)54-38(33)50-19-60)34(51-23)30(16-20-14-21(43)17-22(44)15-20)52-31(57)18-56-37-32(36(53-56)41(47,48)49)27-8-10-28(27)40(37,45)46/h4,7-11,14-15,17,24,27-28,30H,5-6,16,18H2,1-3H3,(H,52,57)/t27-,28+,30-/m0/s1. The van der Waals surface area contributed by atoms with Crippen LogP contribution in [0.25, 0.3) is 22.0 Å². The molecule has 0 aliphatic heterocycles. The number of rotatable bonds is 10. The Hall–Kier alpha value is -5.41. The highest BCUT2D eigenvalue weighted by Crippen LogP contribution is 2.60. The van der Waals surface area contributed by atoms with Crippen LogP contribution in [-0.2, 0) is 46.7 Å².